The van der Waals surface area contributed by atoms with Gasteiger partial charge in [-0.25, -0.2) is 0 Å². The molecule has 6 nitrogen and oxygen atoms in total. The van der Waals surface area contributed by atoms with E-state index in [2.05, 4.69) is 4.74 Å². The van der Waals surface area contributed by atoms with E-state index in [1.54, 1.807) is 9.80 Å². The third kappa shape index (κ3) is 5.35. The molecule has 0 radical (unpaired) electrons. The van der Waals surface area contributed by atoms with Crippen LogP contribution in [-0.4, -0.2) is 59.7 Å². The number of halogens is 3. The number of nitrogens with two attached hydrogens (primary N) is 1. The van der Waals surface area contributed by atoms with Crippen LogP contribution in [0.15, 0.2) is 24.3 Å². The van der Waals surface area contributed by atoms with Crippen LogP contribution in [0.4, 0.5) is 13.2 Å². The fourth-order valence-electron chi connectivity index (χ4n) is 2.92. The minimum atomic E-state index is -4.78. The Balaban J connectivity index is 2.01. The van der Waals surface area contributed by atoms with Crippen LogP contribution in [0, 0.1) is 5.92 Å². The fourth-order valence-corrected chi connectivity index (χ4v) is 2.92. The van der Waals surface area contributed by atoms with Gasteiger partial charge >= 0.3 is 6.36 Å². The van der Waals surface area contributed by atoms with Crippen LogP contribution in [0.25, 0.3) is 0 Å². The summed E-state index contributed by atoms with van der Waals surface area (Å²) >= 11 is 0. The van der Waals surface area contributed by atoms with Crippen LogP contribution < -0.4 is 10.5 Å². The zero-order chi connectivity index (χ0) is 20.4. The summed E-state index contributed by atoms with van der Waals surface area (Å²) in [6.07, 6.45) is -4.78. The summed E-state index contributed by atoms with van der Waals surface area (Å²) in [6, 6.07) is 3.98. The van der Waals surface area contributed by atoms with Crippen LogP contribution in [0.3, 0.4) is 0 Å². The normalized spacial score (nSPS) is 19.2. The zero-order valence-corrected chi connectivity index (χ0v) is 15.5. The second-order valence-electron chi connectivity index (χ2n) is 6.97. The minimum absolute atomic E-state index is 0.0184. The average Bonchev–Trinajstić information content (AvgIpc) is 2.59. The molecule has 0 unspecified atom stereocenters. The third-order valence-electron chi connectivity index (χ3n) is 4.54. The van der Waals surface area contributed by atoms with Gasteiger partial charge in [-0.15, -0.1) is 13.2 Å². The number of piperazine rings is 1. The molecule has 2 atom stereocenters. The molecule has 0 spiro atoms. The SMILES string of the molecule is CC(C)[C@H](N)C(=O)N1CCN(C(=O)c2ccc(OC(F)(F)F)cc2)[C@H](C)C1. The van der Waals surface area contributed by atoms with Crippen LogP contribution in [0.5, 0.6) is 5.75 Å². The number of alkyl halides is 3. The lowest BCUT2D eigenvalue weighted by Gasteiger charge is -2.41. The van der Waals surface area contributed by atoms with Gasteiger partial charge in [-0.1, -0.05) is 13.8 Å². The highest BCUT2D eigenvalue weighted by Gasteiger charge is 2.33. The molecule has 2 N–H and O–H groups in total. The van der Waals surface area contributed by atoms with Crippen molar-refractivity contribution >= 4 is 11.8 Å². The first-order valence-corrected chi connectivity index (χ1v) is 8.70. The summed E-state index contributed by atoms with van der Waals surface area (Å²) in [6.45, 7) is 6.62. The molecule has 0 bridgehead atoms. The first kappa shape index (κ1) is 21.0. The number of nitrogens with zero attached hydrogens (tertiary/aromatic N) is 2. The molecule has 150 valence electrons. The number of rotatable bonds is 4. The summed E-state index contributed by atoms with van der Waals surface area (Å²) in [4.78, 5) is 28.3. The number of benzene rings is 1. The van der Waals surface area contributed by atoms with Gasteiger partial charge in [-0.2, -0.15) is 0 Å². The largest absolute Gasteiger partial charge is 0.573 e. The van der Waals surface area contributed by atoms with Crippen molar-refractivity contribution in [3.8, 4) is 5.75 Å². The van der Waals surface area contributed by atoms with E-state index in [1.165, 1.54) is 12.1 Å². The molecule has 1 heterocycles. The van der Waals surface area contributed by atoms with Crippen molar-refractivity contribution in [1.29, 1.82) is 0 Å². The molecule has 1 saturated heterocycles. The number of ether oxygens (including phenoxy) is 1. The molecule has 9 heteroatoms. The van der Waals surface area contributed by atoms with Gasteiger partial charge in [0.2, 0.25) is 5.91 Å². The van der Waals surface area contributed by atoms with E-state index in [-0.39, 0.29) is 35.1 Å². The number of hydrogen-bond donors (Lipinski definition) is 1. The van der Waals surface area contributed by atoms with Crippen molar-refractivity contribution in [2.45, 2.75) is 39.2 Å². The van der Waals surface area contributed by atoms with Gasteiger partial charge in [-0.05, 0) is 37.1 Å². The Bertz CT molecular complexity index is 677. The highest BCUT2D eigenvalue weighted by atomic mass is 19.4. The van der Waals surface area contributed by atoms with Crippen molar-refractivity contribution in [2.75, 3.05) is 19.6 Å². The lowest BCUT2D eigenvalue weighted by Crippen LogP contribution is -2.58. The second kappa shape index (κ2) is 8.16. The van der Waals surface area contributed by atoms with Crippen LogP contribution in [0.1, 0.15) is 31.1 Å². The molecule has 0 aromatic heterocycles. The van der Waals surface area contributed by atoms with Gasteiger partial charge in [0.05, 0.1) is 6.04 Å². The van der Waals surface area contributed by atoms with E-state index in [0.717, 1.165) is 12.1 Å². The molecule has 1 fully saturated rings. The molecule has 1 aliphatic rings. The maximum absolute atomic E-state index is 12.7. The number of amides is 2. The van der Waals surface area contributed by atoms with Crippen LogP contribution in [-0.2, 0) is 4.79 Å². The minimum Gasteiger partial charge on any atom is -0.406 e. The first-order chi connectivity index (χ1) is 12.5. The molecular formula is C18H24F3N3O3. The van der Waals surface area contributed by atoms with Crippen molar-refractivity contribution in [3.63, 3.8) is 0 Å². The molecule has 1 aliphatic heterocycles. The smallest absolute Gasteiger partial charge is 0.406 e. The van der Waals surface area contributed by atoms with Crippen LogP contribution in [0.2, 0.25) is 0 Å². The third-order valence-corrected chi connectivity index (χ3v) is 4.54. The highest BCUT2D eigenvalue weighted by Crippen LogP contribution is 2.23. The first-order valence-electron chi connectivity index (χ1n) is 8.70. The summed E-state index contributed by atoms with van der Waals surface area (Å²) < 4.78 is 40.4. The molecule has 27 heavy (non-hydrogen) atoms. The number of carbonyl (C=O) groups excluding carboxylic acids is 2. The van der Waals surface area contributed by atoms with Gasteiger partial charge in [-0.3, -0.25) is 9.59 Å². The molecule has 1 aromatic rings. The zero-order valence-electron chi connectivity index (χ0n) is 15.5. The lowest BCUT2D eigenvalue weighted by atomic mass is 10.0. The Labute approximate surface area is 156 Å². The van der Waals surface area contributed by atoms with E-state index >= 15 is 0 Å². The second-order valence-corrected chi connectivity index (χ2v) is 6.97. The maximum atomic E-state index is 12.7. The van der Waals surface area contributed by atoms with Gasteiger partial charge < -0.3 is 20.3 Å². The van der Waals surface area contributed by atoms with E-state index in [4.69, 9.17) is 5.73 Å². The van der Waals surface area contributed by atoms with Crippen molar-refractivity contribution in [2.24, 2.45) is 11.7 Å². The Morgan fingerprint density at radius 2 is 1.78 bits per heavy atom. The van der Waals surface area contributed by atoms with E-state index < -0.39 is 12.4 Å². The number of hydrogen-bond acceptors (Lipinski definition) is 4. The van der Waals surface area contributed by atoms with Crippen molar-refractivity contribution in [3.05, 3.63) is 29.8 Å². The molecule has 0 saturated carbocycles. The fraction of sp³-hybridized carbons (Fsp3) is 0.556. The summed E-state index contributed by atoms with van der Waals surface area (Å²) in [7, 11) is 0. The van der Waals surface area contributed by atoms with Crippen LogP contribution >= 0.6 is 0 Å². The Hall–Kier alpha value is -2.29. The molecule has 1 aromatic carbocycles. The Morgan fingerprint density at radius 1 is 1.19 bits per heavy atom. The molecule has 0 aliphatic carbocycles. The maximum Gasteiger partial charge on any atom is 0.573 e. The molecular weight excluding hydrogens is 363 g/mol. The quantitative estimate of drug-likeness (QED) is 0.860. The predicted molar refractivity (Wildman–Crippen MR) is 93.0 cm³/mol. The predicted octanol–water partition coefficient (Wildman–Crippen LogP) is 2.24. The molecule has 2 rings (SSSR count). The summed E-state index contributed by atoms with van der Waals surface area (Å²) in [5.74, 6) is -0.811. The van der Waals surface area contributed by atoms with Gasteiger partial charge in [0.25, 0.3) is 5.91 Å². The highest BCUT2D eigenvalue weighted by molar-refractivity contribution is 5.94. The van der Waals surface area contributed by atoms with Gasteiger partial charge in [0.1, 0.15) is 5.75 Å². The van der Waals surface area contributed by atoms with Crippen molar-refractivity contribution in [1.82, 2.24) is 9.80 Å². The summed E-state index contributed by atoms with van der Waals surface area (Å²) in [5.41, 5.74) is 6.18. The Morgan fingerprint density at radius 3 is 2.26 bits per heavy atom. The monoisotopic (exact) mass is 387 g/mol. The standard InChI is InChI=1S/C18H24F3N3O3/c1-11(2)15(22)17(26)23-8-9-24(12(3)10-23)16(25)13-4-6-14(7-5-13)27-18(19,20)21/h4-7,11-12,15H,8-10,22H2,1-3H3/t12-,15+/m1/s1. The topological polar surface area (TPSA) is 75.9 Å². The van der Waals surface area contributed by atoms with E-state index in [0.29, 0.717) is 19.6 Å². The summed E-state index contributed by atoms with van der Waals surface area (Å²) in [5, 5.41) is 0. The van der Waals surface area contributed by atoms with Crippen molar-refractivity contribution < 1.29 is 27.5 Å². The van der Waals surface area contributed by atoms with E-state index in [1.807, 2.05) is 20.8 Å². The average molecular weight is 387 g/mol. The molecule has 2 amide bonds. The van der Waals surface area contributed by atoms with Gasteiger partial charge in [0.15, 0.2) is 0 Å². The number of carbonyl (C=O) groups is 2. The van der Waals surface area contributed by atoms with Gasteiger partial charge in [0, 0.05) is 31.2 Å². The lowest BCUT2D eigenvalue weighted by molar-refractivity contribution is -0.274. The Kier molecular flexibility index (Phi) is 6.35. The van der Waals surface area contributed by atoms with E-state index in [9.17, 15) is 22.8 Å².